The number of aromatic nitrogens is 1. The van der Waals surface area contributed by atoms with E-state index in [9.17, 15) is 22.8 Å². The van der Waals surface area contributed by atoms with E-state index in [1.807, 2.05) is 0 Å². The lowest BCUT2D eigenvalue weighted by Gasteiger charge is -2.08. The fraction of sp³-hybridized carbons (Fsp3) is 0.231. The van der Waals surface area contributed by atoms with Gasteiger partial charge in [0, 0.05) is 10.9 Å². The van der Waals surface area contributed by atoms with Crippen molar-refractivity contribution in [1.82, 2.24) is 4.98 Å². The molecule has 1 aromatic heterocycles. The molecule has 0 atom stereocenters. The number of fused-ring (bicyclic) bond motifs is 1. The number of hydrogen-bond acceptors (Lipinski definition) is 3. The molecule has 0 saturated heterocycles. The van der Waals surface area contributed by atoms with Crippen LogP contribution >= 0.6 is 0 Å². The summed E-state index contributed by atoms with van der Waals surface area (Å²) in [5.74, 6) is -0.862. The Morgan fingerprint density at radius 3 is 2.65 bits per heavy atom. The smallest absolute Gasteiger partial charge is 0.417 e. The number of aromatic amines is 1. The predicted octanol–water partition coefficient (Wildman–Crippen LogP) is 3.18. The minimum absolute atomic E-state index is 0.0542. The third-order valence-electron chi connectivity index (χ3n) is 2.77. The minimum atomic E-state index is -4.62. The molecule has 0 radical (unpaired) electrons. The van der Waals surface area contributed by atoms with Crippen molar-refractivity contribution in [3.8, 4) is 0 Å². The topological polar surface area (TPSA) is 59.2 Å². The molecule has 20 heavy (non-hydrogen) atoms. The molecule has 0 aliphatic carbocycles. The second-order valence-corrected chi connectivity index (χ2v) is 3.98. The first-order valence-corrected chi connectivity index (χ1v) is 5.74. The van der Waals surface area contributed by atoms with Crippen molar-refractivity contribution in [3.05, 3.63) is 35.0 Å². The largest absolute Gasteiger partial charge is 0.461 e. The summed E-state index contributed by atoms with van der Waals surface area (Å²) in [6.45, 7) is 1.61. The molecule has 2 aromatic rings. The molecule has 4 nitrogen and oxygen atoms in total. The maximum atomic E-state index is 12.9. The van der Waals surface area contributed by atoms with E-state index in [0.29, 0.717) is 0 Å². The van der Waals surface area contributed by atoms with Gasteiger partial charge in [-0.05, 0) is 19.1 Å². The number of nitrogens with one attached hydrogen (secondary N) is 1. The molecule has 0 fully saturated rings. The quantitative estimate of drug-likeness (QED) is 0.696. The first-order valence-electron chi connectivity index (χ1n) is 5.74. The number of ether oxygens (including phenoxy) is 1. The molecule has 0 spiro atoms. The summed E-state index contributed by atoms with van der Waals surface area (Å²) in [6, 6.07) is 3.42. The molecule has 0 saturated carbocycles. The van der Waals surface area contributed by atoms with Crippen LogP contribution < -0.4 is 0 Å². The van der Waals surface area contributed by atoms with Gasteiger partial charge in [0.15, 0.2) is 6.29 Å². The Morgan fingerprint density at radius 2 is 2.10 bits per heavy atom. The van der Waals surface area contributed by atoms with Crippen LogP contribution in [0.1, 0.15) is 33.3 Å². The zero-order valence-electron chi connectivity index (χ0n) is 10.4. The summed E-state index contributed by atoms with van der Waals surface area (Å²) in [4.78, 5) is 25.3. The number of aldehydes is 1. The molecular formula is C13H10F3NO3. The molecule has 1 N–H and O–H groups in total. The first-order chi connectivity index (χ1) is 9.40. The second-order valence-electron chi connectivity index (χ2n) is 3.98. The molecule has 0 amide bonds. The lowest BCUT2D eigenvalue weighted by molar-refractivity contribution is -0.136. The highest BCUT2D eigenvalue weighted by Crippen LogP contribution is 2.37. The third-order valence-corrected chi connectivity index (χ3v) is 2.77. The maximum absolute atomic E-state index is 12.9. The lowest BCUT2D eigenvalue weighted by Crippen LogP contribution is -2.08. The van der Waals surface area contributed by atoms with Crippen molar-refractivity contribution in [2.24, 2.45) is 0 Å². The Bertz CT molecular complexity index is 673. The zero-order valence-corrected chi connectivity index (χ0v) is 10.4. The van der Waals surface area contributed by atoms with Gasteiger partial charge in [0.25, 0.3) is 0 Å². The van der Waals surface area contributed by atoms with Crippen LogP contribution in [-0.4, -0.2) is 23.8 Å². The van der Waals surface area contributed by atoms with Crippen molar-refractivity contribution in [2.45, 2.75) is 13.1 Å². The maximum Gasteiger partial charge on any atom is 0.417 e. The summed E-state index contributed by atoms with van der Waals surface area (Å²) in [6.07, 6.45) is -4.40. The van der Waals surface area contributed by atoms with Crippen LogP contribution in [0.15, 0.2) is 18.2 Å². The molecule has 7 heteroatoms. The summed E-state index contributed by atoms with van der Waals surface area (Å²) in [5, 5.41) is -0.321. The van der Waals surface area contributed by atoms with Gasteiger partial charge in [-0.25, -0.2) is 4.79 Å². The summed E-state index contributed by atoms with van der Waals surface area (Å²) in [7, 11) is 0. The molecule has 0 unspecified atom stereocenters. The minimum Gasteiger partial charge on any atom is -0.461 e. The second kappa shape index (κ2) is 4.99. The highest BCUT2D eigenvalue weighted by atomic mass is 19.4. The summed E-state index contributed by atoms with van der Waals surface area (Å²) in [5.41, 5.74) is -1.52. The van der Waals surface area contributed by atoms with Crippen LogP contribution in [0.5, 0.6) is 0 Å². The van der Waals surface area contributed by atoms with Crippen molar-refractivity contribution in [1.29, 1.82) is 0 Å². The summed E-state index contributed by atoms with van der Waals surface area (Å²) < 4.78 is 43.6. The number of carbonyl (C=O) groups is 2. The number of hydrogen-bond donors (Lipinski definition) is 1. The number of H-pyrrole nitrogens is 1. The Labute approximate surface area is 111 Å². The van der Waals surface area contributed by atoms with Crippen LogP contribution in [0, 0.1) is 0 Å². The van der Waals surface area contributed by atoms with E-state index in [1.165, 1.54) is 12.1 Å². The normalized spacial score (nSPS) is 11.6. The van der Waals surface area contributed by atoms with Crippen molar-refractivity contribution < 1.29 is 27.5 Å². The van der Waals surface area contributed by atoms with Crippen molar-refractivity contribution >= 4 is 23.2 Å². The average molecular weight is 285 g/mol. The Hall–Kier alpha value is -2.31. The molecule has 1 aromatic carbocycles. The summed E-state index contributed by atoms with van der Waals surface area (Å²) >= 11 is 0. The molecule has 2 rings (SSSR count). The van der Waals surface area contributed by atoms with Crippen LogP contribution in [0.4, 0.5) is 13.2 Å². The van der Waals surface area contributed by atoms with E-state index in [-0.39, 0.29) is 35.1 Å². The monoisotopic (exact) mass is 285 g/mol. The van der Waals surface area contributed by atoms with E-state index in [1.54, 1.807) is 6.92 Å². The van der Waals surface area contributed by atoms with Gasteiger partial charge in [0.2, 0.25) is 0 Å². The van der Waals surface area contributed by atoms with E-state index >= 15 is 0 Å². The van der Waals surface area contributed by atoms with Gasteiger partial charge in [-0.15, -0.1) is 0 Å². The molecule has 0 aliphatic heterocycles. The fourth-order valence-electron chi connectivity index (χ4n) is 1.99. The third kappa shape index (κ3) is 2.26. The Balaban J connectivity index is 2.76. The number of esters is 1. The number of carbonyl (C=O) groups excluding carboxylic acids is 2. The van der Waals surface area contributed by atoms with Gasteiger partial charge in [-0.2, -0.15) is 13.2 Å². The number of benzene rings is 1. The van der Waals surface area contributed by atoms with Gasteiger partial charge in [-0.1, -0.05) is 6.07 Å². The van der Waals surface area contributed by atoms with Crippen LogP contribution in [0.2, 0.25) is 0 Å². The standard InChI is InChI=1S/C13H10F3NO3/c1-2-20-12(19)11-7(6-18)10-8(13(14,15)16)4-3-5-9(10)17-11/h3-6,17H,2H2,1H3. The number of halogens is 3. The van der Waals surface area contributed by atoms with Gasteiger partial charge in [0.1, 0.15) is 5.69 Å². The Morgan fingerprint density at radius 1 is 1.40 bits per heavy atom. The lowest BCUT2D eigenvalue weighted by atomic mass is 10.1. The first kappa shape index (κ1) is 14.1. The SMILES string of the molecule is CCOC(=O)c1[nH]c2cccc(C(F)(F)F)c2c1C=O. The van der Waals surface area contributed by atoms with Crippen LogP contribution in [0.25, 0.3) is 10.9 Å². The van der Waals surface area contributed by atoms with E-state index in [4.69, 9.17) is 4.74 Å². The van der Waals surface area contributed by atoms with E-state index in [0.717, 1.165) is 6.07 Å². The highest BCUT2D eigenvalue weighted by molar-refractivity contribution is 6.09. The van der Waals surface area contributed by atoms with Crippen LogP contribution in [-0.2, 0) is 10.9 Å². The molecular weight excluding hydrogens is 275 g/mol. The molecule has 0 aliphatic rings. The van der Waals surface area contributed by atoms with Gasteiger partial charge < -0.3 is 9.72 Å². The van der Waals surface area contributed by atoms with E-state index in [2.05, 4.69) is 4.98 Å². The van der Waals surface area contributed by atoms with Gasteiger partial charge in [-0.3, -0.25) is 4.79 Å². The molecule has 0 bridgehead atoms. The van der Waals surface area contributed by atoms with Crippen LogP contribution in [0.3, 0.4) is 0 Å². The molecule has 106 valence electrons. The molecule has 1 heterocycles. The fourth-order valence-corrected chi connectivity index (χ4v) is 1.99. The number of rotatable bonds is 3. The van der Waals surface area contributed by atoms with Crippen molar-refractivity contribution in [3.63, 3.8) is 0 Å². The predicted molar refractivity (Wildman–Crippen MR) is 64.6 cm³/mol. The van der Waals surface area contributed by atoms with E-state index < -0.39 is 17.7 Å². The number of alkyl halides is 3. The van der Waals surface area contributed by atoms with Gasteiger partial charge in [0.05, 0.1) is 17.7 Å². The van der Waals surface area contributed by atoms with Gasteiger partial charge >= 0.3 is 12.1 Å². The highest BCUT2D eigenvalue weighted by Gasteiger charge is 2.35. The zero-order chi connectivity index (χ0) is 14.9. The Kier molecular flexibility index (Phi) is 3.52. The average Bonchev–Trinajstić information content (AvgIpc) is 2.76. The van der Waals surface area contributed by atoms with Crippen molar-refractivity contribution in [2.75, 3.05) is 6.61 Å².